The van der Waals surface area contributed by atoms with Crippen LogP contribution in [0.4, 0.5) is 0 Å². The second kappa shape index (κ2) is 7.94. The Bertz CT molecular complexity index is 303. The summed E-state index contributed by atoms with van der Waals surface area (Å²) >= 11 is 0. The number of aliphatic hydroxyl groups is 1. The average molecular weight is 259 g/mol. The van der Waals surface area contributed by atoms with Gasteiger partial charge in [-0.1, -0.05) is 6.92 Å². The first kappa shape index (κ1) is 16.7. The van der Waals surface area contributed by atoms with Crippen molar-refractivity contribution < 1.29 is 24.2 Å². The molecule has 0 aliphatic heterocycles. The van der Waals surface area contributed by atoms with Gasteiger partial charge in [-0.15, -0.1) is 0 Å². The van der Waals surface area contributed by atoms with E-state index in [0.29, 0.717) is 6.29 Å². The first-order valence-electron chi connectivity index (χ1n) is 5.84. The van der Waals surface area contributed by atoms with Gasteiger partial charge in [-0.3, -0.25) is 9.59 Å². The Morgan fingerprint density at radius 3 is 2.28 bits per heavy atom. The molecule has 0 fully saturated rings. The number of hydrogen-bond acceptors (Lipinski definition) is 6. The molecule has 0 saturated heterocycles. The minimum atomic E-state index is -1.06. The van der Waals surface area contributed by atoms with Crippen molar-refractivity contribution in [3.05, 3.63) is 0 Å². The van der Waals surface area contributed by atoms with Gasteiger partial charge in [-0.05, 0) is 14.0 Å². The summed E-state index contributed by atoms with van der Waals surface area (Å²) in [7, 11) is 1.57. The Hall–Kier alpha value is -1.27. The van der Waals surface area contributed by atoms with Gasteiger partial charge in [0.1, 0.15) is 24.5 Å². The van der Waals surface area contributed by atoms with Crippen LogP contribution in [0, 0.1) is 5.92 Å². The van der Waals surface area contributed by atoms with E-state index < -0.39 is 24.2 Å². The largest absolute Gasteiger partial charge is 0.460 e. The Morgan fingerprint density at radius 1 is 1.39 bits per heavy atom. The van der Waals surface area contributed by atoms with Gasteiger partial charge in [0.15, 0.2) is 5.78 Å². The summed E-state index contributed by atoms with van der Waals surface area (Å²) in [5.41, 5.74) is 0. The number of ether oxygens (including phenoxy) is 1. The van der Waals surface area contributed by atoms with Gasteiger partial charge in [-0.25, -0.2) is 0 Å². The SMILES string of the molecule is CN[C@H](C=O)[C@H](OC(C)=O)[C@H](C)CC(=O)C(C)O. The molecule has 0 saturated carbocycles. The van der Waals surface area contributed by atoms with Crippen LogP contribution in [0.25, 0.3) is 0 Å². The van der Waals surface area contributed by atoms with E-state index in [1.54, 1.807) is 14.0 Å². The summed E-state index contributed by atoms with van der Waals surface area (Å²) < 4.78 is 5.07. The number of aliphatic hydroxyl groups excluding tert-OH is 1. The van der Waals surface area contributed by atoms with Crippen molar-refractivity contribution in [1.29, 1.82) is 0 Å². The summed E-state index contributed by atoms with van der Waals surface area (Å²) in [6.07, 6.45) is -1.11. The molecule has 0 bridgehead atoms. The summed E-state index contributed by atoms with van der Waals surface area (Å²) in [6.45, 7) is 4.32. The van der Waals surface area contributed by atoms with Crippen molar-refractivity contribution in [2.75, 3.05) is 7.05 Å². The fourth-order valence-electron chi connectivity index (χ4n) is 1.65. The molecule has 0 aliphatic rings. The van der Waals surface area contributed by atoms with Crippen LogP contribution in [-0.2, 0) is 19.1 Å². The number of aldehydes is 1. The van der Waals surface area contributed by atoms with Crippen LogP contribution in [0.5, 0.6) is 0 Å². The van der Waals surface area contributed by atoms with Gasteiger partial charge in [0.2, 0.25) is 0 Å². The Kier molecular flexibility index (Phi) is 7.38. The number of Topliss-reactive ketones (excluding diaryl/α,β-unsaturated/α-hetero) is 1. The number of hydrogen-bond donors (Lipinski definition) is 2. The molecule has 104 valence electrons. The molecule has 0 aromatic carbocycles. The van der Waals surface area contributed by atoms with Crippen LogP contribution in [0.3, 0.4) is 0 Å². The van der Waals surface area contributed by atoms with Gasteiger partial charge >= 0.3 is 5.97 Å². The highest BCUT2D eigenvalue weighted by Gasteiger charge is 2.30. The van der Waals surface area contributed by atoms with E-state index in [2.05, 4.69) is 5.32 Å². The Labute approximate surface area is 107 Å². The molecule has 0 aliphatic carbocycles. The van der Waals surface area contributed by atoms with Crippen molar-refractivity contribution in [2.45, 2.75) is 45.4 Å². The van der Waals surface area contributed by atoms with Crippen LogP contribution in [-0.4, -0.2) is 48.4 Å². The van der Waals surface area contributed by atoms with Gasteiger partial charge in [0.25, 0.3) is 0 Å². The number of carbonyl (C=O) groups is 3. The van der Waals surface area contributed by atoms with Crippen LogP contribution in [0.15, 0.2) is 0 Å². The maximum Gasteiger partial charge on any atom is 0.302 e. The standard InChI is InChI=1S/C12H21NO5/c1-7(5-11(17)8(2)15)12(18-9(3)16)10(6-14)13-4/h6-8,10,12-13,15H,5H2,1-4H3/t7-,8?,10-,12-/m1/s1. The third-order valence-electron chi connectivity index (χ3n) is 2.69. The highest BCUT2D eigenvalue weighted by atomic mass is 16.5. The van der Waals surface area contributed by atoms with Gasteiger partial charge in [0, 0.05) is 19.3 Å². The lowest BCUT2D eigenvalue weighted by Gasteiger charge is -2.27. The molecule has 6 heteroatoms. The number of rotatable bonds is 8. The van der Waals surface area contributed by atoms with E-state index in [4.69, 9.17) is 9.84 Å². The number of likely N-dealkylation sites (N-methyl/N-ethyl adjacent to an activating group) is 1. The molecular formula is C12H21NO5. The van der Waals surface area contributed by atoms with Crippen LogP contribution in [0.2, 0.25) is 0 Å². The van der Waals surface area contributed by atoms with E-state index in [-0.39, 0.29) is 18.1 Å². The maximum absolute atomic E-state index is 11.4. The minimum absolute atomic E-state index is 0.0433. The molecule has 6 nitrogen and oxygen atoms in total. The van der Waals surface area contributed by atoms with Crippen molar-refractivity contribution in [3.8, 4) is 0 Å². The maximum atomic E-state index is 11.4. The van der Waals surface area contributed by atoms with E-state index in [0.717, 1.165) is 0 Å². The van der Waals surface area contributed by atoms with Gasteiger partial charge in [-0.2, -0.15) is 0 Å². The van der Waals surface area contributed by atoms with E-state index in [1.807, 2.05) is 0 Å². The fourth-order valence-corrected chi connectivity index (χ4v) is 1.65. The first-order chi connectivity index (χ1) is 8.33. The van der Waals surface area contributed by atoms with Gasteiger partial charge < -0.3 is 20.0 Å². The van der Waals surface area contributed by atoms with Crippen molar-refractivity contribution in [1.82, 2.24) is 5.32 Å². The number of esters is 1. The molecule has 0 heterocycles. The highest BCUT2D eigenvalue weighted by Crippen LogP contribution is 2.16. The van der Waals surface area contributed by atoms with Gasteiger partial charge in [0.05, 0.1) is 0 Å². The molecule has 0 radical (unpaired) electrons. The molecule has 0 aromatic heterocycles. The Morgan fingerprint density at radius 2 is 1.94 bits per heavy atom. The average Bonchev–Trinajstić information content (AvgIpc) is 2.28. The molecule has 0 aromatic rings. The summed E-state index contributed by atoms with van der Waals surface area (Å²) in [5, 5.41) is 11.9. The summed E-state index contributed by atoms with van der Waals surface area (Å²) in [4.78, 5) is 33.4. The zero-order chi connectivity index (χ0) is 14.3. The monoisotopic (exact) mass is 259 g/mol. The Balaban J connectivity index is 4.78. The van der Waals surface area contributed by atoms with Crippen molar-refractivity contribution >= 4 is 18.0 Å². The molecule has 1 unspecified atom stereocenters. The molecule has 0 amide bonds. The summed E-state index contributed by atoms with van der Waals surface area (Å²) in [6, 6.07) is -0.675. The lowest BCUT2D eigenvalue weighted by atomic mass is 9.92. The zero-order valence-corrected chi connectivity index (χ0v) is 11.2. The lowest BCUT2D eigenvalue weighted by Crippen LogP contribution is -2.46. The molecular weight excluding hydrogens is 238 g/mol. The number of ketones is 1. The predicted octanol–water partition coefficient (Wildman–Crippen LogP) is -0.319. The van der Waals surface area contributed by atoms with Crippen molar-refractivity contribution in [2.24, 2.45) is 5.92 Å². The minimum Gasteiger partial charge on any atom is -0.460 e. The number of nitrogens with one attached hydrogen (secondary N) is 1. The fraction of sp³-hybridized carbons (Fsp3) is 0.750. The highest BCUT2D eigenvalue weighted by molar-refractivity contribution is 5.82. The van der Waals surface area contributed by atoms with E-state index in [1.165, 1.54) is 13.8 Å². The zero-order valence-electron chi connectivity index (χ0n) is 11.2. The van der Waals surface area contributed by atoms with E-state index in [9.17, 15) is 14.4 Å². The van der Waals surface area contributed by atoms with E-state index >= 15 is 0 Å². The van der Waals surface area contributed by atoms with Crippen LogP contribution >= 0.6 is 0 Å². The first-order valence-corrected chi connectivity index (χ1v) is 5.84. The second-order valence-electron chi connectivity index (χ2n) is 4.35. The third kappa shape index (κ3) is 5.37. The lowest BCUT2D eigenvalue weighted by molar-refractivity contribution is -0.152. The molecule has 0 rings (SSSR count). The molecule has 0 spiro atoms. The topological polar surface area (TPSA) is 92.7 Å². The normalized spacial score (nSPS) is 17.4. The molecule has 4 atom stereocenters. The quantitative estimate of drug-likeness (QED) is 0.458. The second-order valence-corrected chi connectivity index (χ2v) is 4.35. The number of carbonyl (C=O) groups excluding carboxylic acids is 3. The van der Waals surface area contributed by atoms with Crippen LogP contribution < -0.4 is 5.32 Å². The third-order valence-corrected chi connectivity index (χ3v) is 2.69. The molecule has 18 heavy (non-hydrogen) atoms. The van der Waals surface area contributed by atoms with Crippen molar-refractivity contribution in [3.63, 3.8) is 0 Å². The van der Waals surface area contributed by atoms with Crippen LogP contribution in [0.1, 0.15) is 27.2 Å². The smallest absolute Gasteiger partial charge is 0.302 e. The summed E-state index contributed by atoms with van der Waals surface area (Å²) in [5.74, 6) is -1.22. The molecule has 2 N–H and O–H groups in total. The predicted molar refractivity (Wildman–Crippen MR) is 64.9 cm³/mol.